The van der Waals surface area contributed by atoms with Crippen LogP contribution < -0.4 is 4.74 Å². The number of nitrogens with zero attached hydrogens (tertiary/aromatic N) is 5. The van der Waals surface area contributed by atoms with Crippen LogP contribution in [0.25, 0.3) is 17.3 Å². The van der Waals surface area contributed by atoms with Crippen molar-refractivity contribution in [3.63, 3.8) is 0 Å². The Morgan fingerprint density at radius 2 is 2.14 bits per heavy atom. The Morgan fingerprint density at radius 1 is 1.19 bits per heavy atom. The third-order valence-electron chi connectivity index (χ3n) is 3.25. The zero-order valence-electron chi connectivity index (χ0n) is 10.9. The molecule has 0 bridgehead atoms. The number of hydrogen-bond acceptors (Lipinski definition) is 5. The number of halogens is 1. The van der Waals surface area contributed by atoms with Crippen LogP contribution in [0.4, 0.5) is 0 Å². The average molecular weight is 300 g/mol. The molecule has 0 atom stereocenters. The first-order valence-corrected chi connectivity index (χ1v) is 6.85. The highest BCUT2D eigenvalue weighted by atomic mass is 35.5. The molecule has 1 aliphatic heterocycles. The van der Waals surface area contributed by atoms with Crippen LogP contribution >= 0.6 is 11.6 Å². The predicted molar refractivity (Wildman–Crippen MR) is 76.6 cm³/mol. The lowest BCUT2D eigenvalue weighted by atomic mass is 10.1. The molecule has 21 heavy (non-hydrogen) atoms. The number of ether oxygens (including phenoxy) is 1. The van der Waals surface area contributed by atoms with Crippen LogP contribution in [0.15, 0.2) is 36.7 Å². The van der Waals surface area contributed by atoms with Crippen LogP contribution in [0.3, 0.4) is 0 Å². The van der Waals surface area contributed by atoms with Gasteiger partial charge in [-0.2, -0.15) is 20.1 Å². The molecule has 6 nitrogen and oxygen atoms in total. The Morgan fingerprint density at radius 3 is 3.00 bits per heavy atom. The molecule has 0 saturated carbocycles. The quantitative estimate of drug-likeness (QED) is 0.726. The van der Waals surface area contributed by atoms with Gasteiger partial charge in [0.25, 0.3) is 5.95 Å². The van der Waals surface area contributed by atoms with Crippen LogP contribution in [-0.2, 0) is 6.42 Å². The van der Waals surface area contributed by atoms with E-state index < -0.39 is 0 Å². The highest BCUT2D eigenvalue weighted by Crippen LogP contribution is 2.29. The molecule has 0 saturated heterocycles. The Kier molecular flexibility index (Phi) is 2.82. The summed E-state index contributed by atoms with van der Waals surface area (Å²) in [5, 5.41) is 4.25. The van der Waals surface area contributed by atoms with E-state index in [1.165, 1.54) is 0 Å². The summed E-state index contributed by atoms with van der Waals surface area (Å²) in [7, 11) is 0. The summed E-state index contributed by atoms with van der Waals surface area (Å²) in [4.78, 5) is 12.7. The second kappa shape index (κ2) is 4.82. The predicted octanol–water partition coefficient (Wildman–Crippen LogP) is 2.31. The largest absolute Gasteiger partial charge is 0.493 e. The number of aromatic nitrogens is 5. The smallest absolute Gasteiger partial charge is 0.255 e. The molecule has 0 aliphatic carbocycles. The van der Waals surface area contributed by atoms with E-state index in [2.05, 4.69) is 20.1 Å². The Hall–Kier alpha value is -2.47. The molecule has 1 aliphatic rings. The molecule has 4 rings (SSSR count). The highest BCUT2D eigenvalue weighted by molar-refractivity contribution is 6.28. The maximum Gasteiger partial charge on any atom is 0.255 e. The number of fused-ring (bicyclic) bond motifs is 1. The van der Waals surface area contributed by atoms with Gasteiger partial charge in [0.1, 0.15) is 5.75 Å². The lowest BCUT2D eigenvalue weighted by Gasteiger charge is -2.05. The van der Waals surface area contributed by atoms with E-state index in [1.54, 1.807) is 23.1 Å². The second-order valence-corrected chi connectivity index (χ2v) is 4.94. The van der Waals surface area contributed by atoms with Crippen molar-refractivity contribution in [3.8, 4) is 23.1 Å². The Bertz CT molecular complexity index is 803. The van der Waals surface area contributed by atoms with Gasteiger partial charge in [0, 0.05) is 24.4 Å². The molecule has 3 aromatic rings. The minimum atomic E-state index is 0.141. The molecular formula is C14H10ClN5O. The number of benzene rings is 1. The Labute approximate surface area is 125 Å². The molecule has 0 unspecified atom stereocenters. The van der Waals surface area contributed by atoms with Gasteiger partial charge >= 0.3 is 0 Å². The molecule has 7 heteroatoms. The zero-order valence-corrected chi connectivity index (χ0v) is 11.7. The molecule has 1 aromatic carbocycles. The topological polar surface area (TPSA) is 65.7 Å². The highest BCUT2D eigenvalue weighted by Gasteiger charge is 2.15. The first-order chi connectivity index (χ1) is 10.3. The van der Waals surface area contributed by atoms with Gasteiger partial charge in [-0.3, -0.25) is 0 Å². The molecule has 0 fully saturated rings. The van der Waals surface area contributed by atoms with Crippen molar-refractivity contribution in [1.29, 1.82) is 0 Å². The fourth-order valence-corrected chi connectivity index (χ4v) is 2.44. The van der Waals surface area contributed by atoms with E-state index in [0.717, 1.165) is 29.9 Å². The van der Waals surface area contributed by atoms with Crippen molar-refractivity contribution in [3.05, 3.63) is 47.5 Å². The van der Waals surface area contributed by atoms with Crippen molar-refractivity contribution in [1.82, 2.24) is 24.7 Å². The lowest BCUT2D eigenvalue weighted by Crippen LogP contribution is -2.05. The number of hydrogen-bond donors (Lipinski definition) is 0. The minimum Gasteiger partial charge on any atom is -0.493 e. The first kappa shape index (κ1) is 12.3. The third kappa shape index (κ3) is 2.23. The standard InChI is InChI=1S/C14H10ClN5O/c15-13-17-12(18-14(19-13)20-6-1-5-16-20)10-2-3-11-9(8-10)4-7-21-11/h1-3,5-6,8H,4,7H2. The summed E-state index contributed by atoms with van der Waals surface area (Å²) in [5.74, 6) is 1.84. The van der Waals surface area contributed by atoms with E-state index in [0.29, 0.717) is 11.8 Å². The van der Waals surface area contributed by atoms with Crippen molar-refractivity contribution in [2.24, 2.45) is 0 Å². The van der Waals surface area contributed by atoms with Gasteiger partial charge in [0.05, 0.1) is 6.61 Å². The lowest BCUT2D eigenvalue weighted by molar-refractivity contribution is 0.357. The summed E-state index contributed by atoms with van der Waals surface area (Å²) in [5.41, 5.74) is 2.04. The van der Waals surface area contributed by atoms with Crippen molar-refractivity contribution >= 4 is 11.6 Å². The maximum atomic E-state index is 6.01. The van der Waals surface area contributed by atoms with E-state index >= 15 is 0 Å². The monoisotopic (exact) mass is 299 g/mol. The molecular weight excluding hydrogens is 290 g/mol. The summed E-state index contributed by atoms with van der Waals surface area (Å²) < 4.78 is 7.05. The fourth-order valence-electron chi connectivity index (χ4n) is 2.28. The average Bonchev–Trinajstić information content (AvgIpc) is 3.17. The molecule has 0 amide bonds. The third-order valence-corrected chi connectivity index (χ3v) is 3.42. The van der Waals surface area contributed by atoms with Crippen LogP contribution in [0.1, 0.15) is 5.56 Å². The molecule has 2 aromatic heterocycles. The summed E-state index contributed by atoms with van der Waals surface area (Å²) in [6.45, 7) is 0.718. The van der Waals surface area contributed by atoms with Gasteiger partial charge in [-0.1, -0.05) is 0 Å². The Balaban J connectivity index is 1.81. The van der Waals surface area contributed by atoms with Gasteiger partial charge in [0.2, 0.25) is 5.28 Å². The molecule has 0 spiro atoms. The summed E-state index contributed by atoms with van der Waals surface area (Å²) in [6.07, 6.45) is 4.31. The van der Waals surface area contributed by atoms with Gasteiger partial charge in [-0.25, -0.2) is 4.68 Å². The normalized spacial score (nSPS) is 13.0. The number of rotatable bonds is 2. The first-order valence-electron chi connectivity index (χ1n) is 6.47. The fraction of sp³-hybridized carbons (Fsp3) is 0.143. The van der Waals surface area contributed by atoms with Gasteiger partial charge in [-0.15, -0.1) is 0 Å². The van der Waals surface area contributed by atoms with Crippen molar-refractivity contribution < 1.29 is 4.74 Å². The second-order valence-electron chi connectivity index (χ2n) is 4.60. The van der Waals surface area contributed by atoms with E-state index in [4.69, 9.17) is 16.3 Å². The van der Waals surface area contributed by atoms with Gasteiger partial charge in [-0.05, 0) is 41.4 Å². The molecule has 0 radical (unpaired) electrons. The molecule has 3 heterocycles. The zero-order chi connectivity index (χ0) is 14.2. The minimum absolute atomic E-state index is 0.141. The van der Waals surface area contributed by atoms with Gasteiger partial charge < -0.3 is 4.74 Å². The van der Waals surface area contributed by atoms with E-state index in [9.17, 15) is 0 Å². The van der Waals surface area contributed by atoms with E-state index in [-0.39, 0.29) is 5.28 Å². The summed E-state index contributed by atoms with van der Waals surface area (Å²) in [6, 6.07) is 7.68. The molecule has 104 valence electrons. The van der Waals surface area contributed by atoms with Crippen LogP contribution in [0, 0.1) is 0 Å². The van der Waals surface area contributed by atoms with E-state index in [1.807, 2.05) is 18.2 Å². The maximum absolute atomic E-state index is 6.01. The van der Waals surface area contributed by atoms with Gasteiger partial charge in [0.15, 0.2) is 5.82 Å². The molecule has 0 N–H and O–H groups in total. The van der Waals surface area contributed by atoms with Crippen molar-refractivity contribution in [2.75, 3.05) is 6.61 Å². The van der Waals surface area contributed by atoms with Crippen LogP contribution in [-0.4, -0.2) is 31.3 Å². The van der Waals surface area contributed by atoms with Crippen LogP contribution in [0.2, 0.25) is 5.28 Å². The van der Waals surface area contributed by atoms with Crippen LogP contribution in [0.5, 0.6) is 5.75 Å². The SMILES string of the molecule is Clc1nc(-c2ccc3c(c2)CCO3)nc(-n2cccn2)n1. The van der Waals surface area contributed by atoms with Crippen molar-refractivity contribution in [2.45, 2.75) is 6.42 Å². The summed E-state index contributed by atoms with van der Waals surface area (Å²) >= 11 is 6.01.